The summed E-state index contributed by atoms with van der Waals surface area (Å²) in [6, 6.07) is 8.81. The number of hydrogen-bond acceptors (Lipinski definition) is 4. The molecule has 2 aromatic rings. The van der Waals surface area contributed by atoms with E-state index in [-0.39, 0.29) is 12.4 Å². The average Bonchev–Trinajstić information content (AvgIpc) is 2.70. The van der Waals surface area contributed by atoms with E-state index >= 15 is 0 Å². The zero-order valence-electron chi connectivity index (χ0n) is 16.2. The van der Waals surface area contributed by atoms with Crippen molar-refractivity contribution in [2.75, 3.05) is 33.9 Å². The molecular formula is C20H25F2N3O3. The van der Waals surface area contributed by atoms with Crippen molar-refractivity contribution in [2.24, 2.45) is 4.99 Å². The van der Waals surface area contributed by atoms with Crippen LogP contribution in [-0.4, -0.2) is 39.9 Å². The van der Waals surface area contributed by atoms with Crippen molar-refractivity contribution in [1.82, 2.24) is 10.6 Å². The van der Waals surface area contributed by atoms with Gasteiger partial charge in [-0.1, -0.05) is 6.07 Å². The van der Waals surface area contributed by atoms with E-state index in [2.05, 4.69) is 15.6 Å². The van der Waals surface area contributed by atoms with Crippen molar-refractivity contribution in [1.29, 1.82) is 0 Å². The van der Waals surface area contributed by atoms with Crippen molar-refractivity contribution in [3.8, 4) is 17.2 Å². The van der Waals surface area contributed by atoms with Gasteiger partial charge in [0.2, 0.25) is 0 Å². The second-order valence-corrected chi connectivity index (χ2v) is 5.73. The lowest BCUT2D eigenvalue weighted by atomic mass is 10.2. The van der Waals surface area contributed by atoms with Gasteiger partial charge in [0, 0.05) is 12.6 Å². The Morgan fingerprint density at radius 3 is 2.39 bits per heavy atom. The Balaban J connectivity index is 1.89. The third-order valence-electron chi connectivity index (χ3n) is 3.76. The maximum absolute atomic E-state index is 13.5. The van der Waals surface area contributed by atoms with Crippen LogP contribution in [0.5, 0.6) is 17.2 Å². The fourth-order valence-corrected chi connectivity index (χ4v) is 2.41. The first-order valence-electron chi connectivity index (χ1n) is 8.88. The summed E-state index contributed by atoms with van der Waals surface area (Å²) in [5.41, 5.74) is 0.958. The number of nitrogens with zero attached hydrogens (tertiary/aromatic N) is 1. The van der Waals surface area contributed by atoms with Crippen molar-refractivity contribution >= 4 is 5.96 Å². The molecule has 0 spiro atoms. The van der Waals surface area contributed by atoms with Gasteiger partial charge in [0.05, 0.1) is 27.3 Å². The number of methoxy groups -OCH3 is 2. The summed E-state index contributed by atoms with van der Waals surface area (Å²) >= 11 is 0. The van der Waals surface area contributed by atoms with Crippen LogP contribution in [0, 0.1) is 11.6 Å². The Morgan fingerprint density at radius 1 is 0.964 bits per heavy atom. The molecule has 0 bridgehead atoms. The second kappa shape index (κ2) is 11.0. The van der Waals surface area contributed by atoms with Crippen LogP contribution in [-0.2, 0) is 6.54 Å². The molecule has 152 valence electrons. The maximum atomic E-state index is 13.5. The largest absolute Gasteiger partial charge is 0.493 e. The van der Waals surface area contributed by atoms with Crippen LogP contribution in [0.1, 0.15) is 12.5 Å². The van der Waals surface area contributed by atoms with E-state index in [1.165, 1.54) is 6.07 Å². The molecule has 0 amide bonds. The van der Waals surface area contributed by atoms with E-state index in [0.717, 1.165) is 17.7 Å². The molecule has 0 unspecified atom stereocenters. The van der Waals surface area contributed by atoms with Gasteiger partial charge in [-0.05, 0) is 36.8 Å². The van der Waals surface area contributed by atoms with E-state index in [1.807, 2.05) is 25.1 Å². The third kappa shape index (κ3) is 6.29. The Hall–Kier alpha value is -3.03. The molecule has 0 atom stereocenters. The summed E-state index contributed by atoms with van der Waals surface area (Å²) < 4.78 is 42.3. The number of ether oxygens (including phenoxy) is 3. The van der Waals surface area contributed by atoms with Crippen molar-refractivity contribution < 1.29 is 23.0 Å². The van der Waals surface area contributed by atoms with E-state index in [9.17, 15) is 8.78 Å². The van der Waals surface area contributed by atoms with Gasteiger partial charge < -0.3 is 24.8 Å². The van der Waals surface area contributed by atoms with Gasteiger partial charge in [-0.15, -0.1) is 0 Å². The minimum atomic E-state index is -0.728. The summed E-state index contributed by atoms with van der Waals surface area (Å²) in [6.07, 6.45) is 0. The zero-order chi connectivity index (χ0) is 20.4. The van der Waals surface area contributed by atoms with Crippen LogP contribution in [0.25, 0.3) is 0 Å². The Morgan fingerprint density at radius 2 is 1.71 bits per heavy atom. The summed E-state index contributed by atoms with van der Waals surface area (Å²) in [6.45, 7) is 3.67. The predicted octanol–water partition coefficient (Wildman–Crippen LogP) is 3.12. The van der Waals surface area contributed by atoms with Gasteiger partial charge in [-0.25, -0.2) is 13.8 Å². The standard InChI is InChI=1S/C20H25F2N3O3/c1-4-23-20(24-9-10-28-17-8-6-15(21)12-16(17)22)25-13-14-5-7-18(26-2)19(11-14)27-3/h5-8,11-12H,4,9-10,13H2,1-3H3,(H2,23,24,25). The van der Waals surface area contributed by atoms with Crippen molar-refractivity contribution in [3.63, 3.8) is 0 Å². The van der Waals surface area contributed by atoms with Crippen LogP contribution in [0.2, 0.25) is 0 Å². The number of guanidine groups is 1. The molecule has 0 saturated heterocycles. The van der Waals surface area contributed by atoms with Crippen LogP contribution in [0.4, 0.5) is 8.78 Å². The minimum Gasteiger partial charge on any atom is -0.493 e. The van der Waals surface area contributed by atoms with Crippen LogP contribution in [0.3, 0.4) is 0 Å². The first-order valence-corrected chi connectivity index (χ1v) is 8.88. The molecule has 8 heteroatoms. The molecule has 28 heavy (non-hydrogen) atoms. The molecule has 2 aromatic carbocycles. The van der Waals surface area contributed by atoms with Crippen LogP contribution < -0.4 is 24.8 Å². The zero-order valence-corrected chi connectivity index (χ0v) is 16.2. The molecule has 6 nitrogen and oxygen atoms in total. The smallest absolute Gasteiger partial charge is 0.191 e. The topological polar surface area (TPSA) is 64.1 Å². The number of nitrogens with one attached hydrogen (secondary N) is 2. The monoisotopic (exact) mass is 393 g/mol. The summed E-state index contributed by atoms with van der Waals surface area (Å²) in [4.78, 5) is 4.51. The molecule has 0 fully saturated rings. The van der Waals surface area contributed by atoms with Gasteiger partial charge in [0.1, 0.15) is 12.4 Å². The average molecular weight is 393 g/mol. The molecule has 0 aromatic heterocycles. The van der Waals surface area contributed by atoms with Gasteiger partial charge in [-0.2, -0.15) is 0 Å². The molecule has 0 aliphatic carbocycles. The van der Waals surface area contributed by atoms with Gasteiger partial charge in [-0.3, -0.25) is 0 Å². The first kappa shape index (κ1) is 21.3. The molecule has 0 saturated carbocycles. The lowest BCUT2D eigenvalue weighted by Gasteiger charge is -2.13. The highest BCUT2D eigenvalue weighted by molar-refractivity contribution is 5.79. The molecular weight excluding hydrogens is 368 g/mol. The van der Waals surface area contributed by atoms with E-state index in [0.29, 0.717) is 37.1 Å². The van der Waals surface area contributed by atoms with Gasteiger partial charge in [0.15, 0.2) is 29.0 Å². The van der Waals surface area contributed by atoms with Gasteiger partial charge >= 0.3 is 0 Å². The quantitative estimate of drug-likeness (QED) is 0.389. The summed E-state index contributed by atoms with van der Waals surface area (Å²) in [7, 11) is 3.17. The molecule has 0 radical (unpaired) electrons. The Labute approximate surface area is 163 Å². The number of hydrogen-bond donors (Lipinski definition) is 2. The van der Waals surface area contributed by atoms with Gasteiger partial charge in [0.25, 0.3) is 0 Å². The highest BCUT2D eigenvalue weighted by atomic mass is 19.1. The highest BCUT2D eigenvalue weighted by Crippen LogP contribution is 2.27. The van der Waals surface area contributed by atoms with E-state index < -0.39 is 11.6 Å². The van der Waals surface area contributed by atoms with Crippen molar-refractivity contribution in [3.05, 3.63) is 53.6 Å². The summed E-state index contributed by atoms with van der Waals surface area (Å²) in [5, 5.41) is 6.23. The lowest BCUT2D eigenvalue weighted by Crippen LogP contribution is -2.39. The Kier molecular flexibility index (Phi) is 8.33. The molecule has 2 rings (SSSR count). The SMILES string of the molecule is CCNC(=NCc1ccc(OC)c(OC)c1)NCCOc1ccc(F)cc1F. The highest BCUT2D eigenvalue weighted by Gasteiger charge is 2.06. The maximum Gasteiger partial charge on any atom is 0.191 e. The Bertz CT molecular complexity index is 800. The number of benzene rings is 2. The van der Waals surface area contributed by atoms with Crippen molar-refractivity contribution in [2.45, 2.75) is 13.5 Å². The normalized spacial score (nSPS) is 11.1. The fourth-order valence-electron chi connectivity index (χ4n) is 2.41. The second-order valence-electron chi connectivity index (χ2n) is 5.73. The number of aliphatic imine (C=N–C) groups is 1. The molecule has 0 heterocycles. The van der Waals surface area contributed by atoms with Crippen LogP contribution >= 0.6 is 0 Å². The first-order chi connectivity index (χ1) is 13.6. The minimum absolute atomic E-state index is 0.00969. The molecule has 0 aliphatic rings. The predicted molar refractivity (Wildman–Crippen MR) is 104 cm³/mol. The fraction of sp³-hybridized carbons (Fsp3) is 0.350. The third-order valence-corrected chi connectivity index (χ3v) is 3.76. The van der Waals surface area contributed by atoms with E-state index in [4.69, 9.17) is 14.2 Å². The summed E-state index contributed by atoms with van der Waals surface area (Å²) in [5.74, 6) is 0.540. The molecule has 2 N–H and O–H groups in total. The van der Waals surface area contributed by atoms with Crippen LogP contribution in [0.15, 0.2) is 41.4 Å². The number of rotatable bonds is 9. The van der Waals surface area contributed by atoms with E-state index in [1.54, 1.807) is 14.2 Å². The molecule has 0 aliphatic heterocycles. The lowest BCUT2D eigenvalue weighted by molar-refractivity contribution is 0.304. The number of halogens is 2.